The first-order valence-corrected chi connectivity index (χ1v) is 10.3. The summed E-state index contributed by atoms with van der Waals surface area (Å²) in [5.74, 6) is -0.681. The molecule has 0 radical (unpaired) electrons. The van der Waals surface area contributed by atoms with Gasteiger partial charge in [0, 0.05) is 14.1 Å². The average molecular weight is 417 g/mol. The number of aryl methyl sites for hydroxylation is 4. The van der Waals surface area contributed by atoms with Crippen molar-refractivity contribution in [2.75, 3.05) is 18.0 Å². The number of carbonyl (C=O) groups is 1. The van der Waals surface area contributed by atoms with Gasteiger partial charge in [-0.3, -0.25) is 18.2 Å². The van der Waals surface area contributed by atoms with Crippen molar-refractivity contribution in [3.05, 3.63) is 58.0 Å². The lowest BCUT2D eigenvalue weighted by molar-refractivity contribution is -0.138. The highest BCUT2D eigenvalue weighted by Crippen LogP contribution is 2.27. The van der Waals surface area contributed by atoms with Crippen LogP contribution in [0.3, 0.4) is 0 Å². The number of methoxy groups -OCH3 is 1. The van der Waals surface area contributed by atoms with Crippen LogP contribution < -0.4 is 9.99 Å². The van der Waals surface area contributed by atoms with Crippen LogP contribution in [0, 0.1) is 13.8 Å². The van der Waals surface area contributed by atoms with Gasteiger partial charge in [-0.2, -0.15) is 0 Å². The van der Waals surface area contributed by atoms with Crippen molar-refractivity contribution in [3.8, 4) is 0 Å². The lowest BCUT2D eigenvalue weighted by Gasteiger charge is -2.24. The predicted octanol–water partition coefficient (Wildman–Crippen LogP) is 1.86. The number of hydrogen-bond donors (Lipinski definition) is 0. The van der Waals surface area contributed by atoms with Crippen LogP contribution in [0.2, 0.25) is 0 Å². The molecule has 1 heterocycles. The normalized spacial score (nSPS) is 11.6. The first-order chi connectivity index (χ1) is 13.6. The van der Waals surface area contributed by atoms with E-state index in [2.05, 4.69) is 0 Å². The summed E-state index contributed by atoms with van der Waals surface area (Å²) >= 11 is 0. The topological polar surface area (TPSA) is 90.6 Å². The molecule has 0 N–H and O–H groups in total. The van der Waals surface area contributed by atoms with E-state index in [1.165, 1.54) is 28.4 Å². The van der Waals surface area contributed by atoms with Crippen LogP contribution in [0.1, 0.15) is 11.1 Å². The van der Waals surface area contributed by atoms with Crippen LogP contribution in [-0.4, -0.2) is 37.2 Å². The number of anilines is 1. The number of nitrogens with zero attached hydrogens (tertiary/aromatic N) is 3. The molecule has 0 saturated heterocycles. The molecule has 0 bridgehead atoms. The molecule has 0 aliphatic carbocycles. The molecule has 29 heavy (non-hydrogen) atoms. The molecule has 3 rings (SSSR count). The second kappa shape index (κ2) is 7.40. The molecule has 1 aromatic heterocycles. The van der Waals surface area contributed by atoms with E-state index in [1.807, 2.05) is 13.8 Å². The maximum Gasteiger partial charge on any atom is 0.328 e. The molecule has 0 fully saturated rings. The standard InChI is InChI=1S/C20H23N3O5S/c1-13-6-7-15(10-14(13)2)23(12-19(24)28-5)29(26,27)16-8-9-17-18(11-16)22(4)20(25)21(17)3/h6-11H,12H2,1-5H3. The summed E-state index contributed by atoms with van der Waals surface area (Å²) in [6.07, 6.45) is 0. The zero-order chi connectivity index (χ0) is 21.5. The first-order valence-electron chi connectivity index (χ1n) is 8.90. The quantitative estimate of drug-likeness (QED) is 0.591. The summed E-state index contributed by atoms with van der Waals surface area (Å²) in [5.41, 5.74) is 3.10. The SMILES string of the molecule is COC(=O)CN(c1ccc(C)c(C)c1)S(=O)(=O)c1ccc2c(c1)n(C)c(=O)n2C. The van der Waals surface area contributed by atoms with Crippen molar-refractivity contribution in [1.29, 1.82) is 0 Å². The van der Waals surface area contributed by atoms with Crippen LogP contribution in [0.4, 0.5) is 5.69 Å². The Morgan fingerprint density at radius 1 is 1.00 bits per heavy atom. The summed E-state index contributed by atoms with van der Waals surface area (Å²) < 4.78 is 35.5. The van der Waals surface area contributed by atoms with Crippen molar-refractivity contribution in [2.24, 2.45) is 14.1 Å². The molecule has 0 amide bonds. The smallest absolute Gasteiger partial charge is 0.328 e. The number of rotatable bonds is 5. The number of benzene rings is 2. The second-order valence-corrected chi connectivity index (χ2v) is 8.77. The van der Waals surface area contributed by atoms with Crippen LogP contribution in [0.25, 0.3) is 11.0 Å². The van der Waals surface area contributed by atoms with Crippen molar-refractivity contribution in [3.63, 3.8) is 0 Å². The molecule has 0 aliphatic heterocycles. The van der Waals surface area contributed by atoms with E-state index in [9.17, 15) is 18.0 Å². The zero-order valence-corrected chi connectivity index (χ0v) is 17.8. The molecule has 0 spiro atoms. The fraction of sp³-hybridized carbons (Fsp3) is 0.300. The van der Waals surface area contributed by atoms with Gasteiger partial charge in [0.1, 0.15) is 6.54 Å². The van der Waals surface area contributed by atoms with Gasteiger partial charge in [-0.05, 0) is 55.3 Å². The third-order valence-corrected chi connectivity index (χ3v) is 6.88. The van der Waals surface area contributed by atoms with E-state index in [4.69, 9.17) is 4.74 Å². The van der Waals surface area contributed by atoms with Crippen LogP contribution in [0.15, 0.2) is 46.1 Å². The predicted molar refractivity (Wildman–Crippen MR) is 111 cm³/mol. The Bertz CT molecular complexity index is 1270. The van der Waals surface area contributed by atoms with Gasteiger partial charge in [-0.15, -0.1) is 0 Å². The Morgan fingerprint density at radius 2 is 1.66 bits per heavy atom. The minimum absolute atomic E-state index is 0.0201. The number of carbonyl (C=O) groups excluding carboxylic acids is 1. The number of imidazole rings is 1. The summed E-state index contributed by atoms with van der Waals surface area (Å²) in [6.45, 7) is 3.32. The number of sulfonamides is 1. The highest BCUT2D eigenvalue weighted by molar-refractivity contribution is 7.92. The molecule has 3 aromatic rings. The minimum Gasteiger partial charge on any atom is -0.468 e. The number of aromatic nitrogens is 2. The highest BCUT2D eigenvalue weighted by Gasteiger charge is 2.28. The molecule has 8 nitrogen and oxygen atoms in total. The van der Waals surface area contributed by atoms with Crippen LogP contribution >= 0.6 is 0 Å². The molecule has 154 valence electrons. The lowest BCUT2D eigenvalue weighted by Crippen LogP contribution is -2.36. The van der Waals surface area contributed by atoms with E-state index in [0.29, 0.717) is 16.7 Å². The maximum absolute atomic E-state index is 13.5. The summed E-state index contributed by atoms with van der Waals surface area (Å²) in [6, 6.07) is 9.63. The molecule has 0 saturated carbocycles. The fourth-order valence-corrected chi connectivity index (χ4v) is 4.57. The lowest BCUT2D eigenvalue weighted by atomic mass is 10.1. The molecule has 0 unspecified atom stereocenters. The van der Waals surface area contributed by atoms with Gasteiger partial charge in [0.05, 0.1) is 28.7 Å². The largest absolute Gasteiger partial charge is 0.468 e. The number of fused-ring (bicyclic) bond motifs is 1. The summed E-state index contributed by atoms with van der Waals surface area (Å²) in [5, 5.41) is 0. The Kier molecular flexibility index (Phi) is 5.27. The van der Waals surface area contributed by atoms with E-state index in [1.54, 1.807) is 38.4 Å². The third kappa shape index (κ3) is 3.53. The second-order valence-electron chi connectivity index (χ2n) is 6.91. The molecule has 9 heteroatoms. The van der Waals surface area contributed by atoms with Crippen molar-refractivity contribution in [2.45, 2.75) is 18.7 Å². The van der Waals surface area contributed by atoms with Crippen molar-refractivity contribution in [1.82, 2.24) is 9.13 Å². The van der Waals surface area contributed by atoms with E-state index >= 15 is 0 Å². The molecule has 0 atom stereocenters. The number of ether oxygens (including phenoxy) is 1. The van der Waals surface area contributed by atoms with Crippen LogP contribution in [-0.2, 0) is 33.7 Å². The van der Waals surface area contributed by atoms with Crippen molar-refractivity contribution >= 4 is 32.7 Å². The monoisotopic (exact) mass is 417 g/mol. The molecular formula is C20H23N3O5S. The Morgan fingerprint density at radius 3 is 2.28 bits per heavy atom. The molecule has 0 aliphatic rings. The fourth-order valence-electron chi connectivity index (χ4n) is 3.15. The third-order valence-electron chi connectivity index (χ3n) is 5.11. The van der Waals surface area contributed by atoms with Gasteiger partial charge < -0.3 is 4.74 Å². The summed E-state index contributed by atoms with van der Waals surface area (Å²) in [4.78, 5) is 24.1. The van der Waals surface area contributed by atoms with E-state index in [-0.39, 0.29) is 10.6 Å². The van der Waals surface area contributed by atoms with Gasteiger partial charge >= 0.3 is 11.7 Å². The maximum atomic E-state index is 13.5. The van der Waals surface area contributed by atoms with E-state index in [0.717, 1.165) is 15.4 Å². The summed E-state index contributed by atoms with van der Waals surface area (Å²) in [7, 11) is 0.317. The van der Waals surface area contributed by atoms with Gasteiger partial charge in [0.25, 0.3) is 10.0 Å². The Balaban J connectivity index is 2.19. The zero-order valence-electron chi connectivity index (χ0n) is 17.0. The van der Waals surface area contributed by atoms with E-state index < -0.39 is 22.5 Å². The molecular weight excluding hydrogens is 394 g/mol. The highest BCUT2D eigenvalue weighted by atomic mass is 32.2. The first kappa shape index (κ1) is 20.7. The number of hydrogen-bond acceptors (Lipinski definition) is 5. The Labute approximate surface area is 169 Å². The average Bonchev–Trinajstić information content (AvgIpc) is 2.91. The van der Waals surface area contributed by atoms with Gasteiger partial charge in [-0.1, -0.05) is 6.07 Å². The number of esters is 1. The van der Waals surface area contributed by atoms with Crippen LogP contribution in [0.5, 0.6) is 0 Å². The Hall–Kier alpha value is -3.07. The van der Waals surface area contributed by atoms with Gasteiger partial charge in [-0.25, -0.2) is 13.2 Å². The van der Waals surface area contributed by atoms with Gasteiger partial charge in [0.2, 0.25) is 0 Å². The van der Waals surface area contributed by atoms with Gasteiger partial charge in [0.15, 0.2) is 0 Å². The minimum atomic E-state index is -4.09. The molecule has 2 aromatic carbocycles. The van der Waals surface area contributed by atoms with Crippen molar-refractivity contribution < 1.29 is 17.9 Å².